The van der Waals surface area contributed by atoms with Gasteiger partial charge in [-0.05, 0) is 18.4 Å². The van der Waals surface area contributed by atoms with Gasteiger partial charge in [-0.25, -0.2) is 4.98 Å². The molecule has 0 radical (unpaired) electrons. The molecule has 0 atom stereocenters. The van der Waals surface area contributed by atoms with E-state index in [-0.39, 0.29) is 0 Å². The van der Waals surface area contributed by atoms with Gasteiger partial charge in [-0.1, -0.05) is 6.07 Å². The number of thiophene rings is 1. The van der Waals surface area contributed by atoms with Crippen LogP contribution in [0.2, 0.25) is 0 Å². The second kappa shape index (κ2) is 4.34. The lowest BCUT2D eigenvalue weighted by Crippen LogP contribution is -1.96. The molecular weight excluding hydrogens is 214 g/mol. The third-order valence-corrected chi connectivity index (χ3v) is 3.29. The monoisotopic (exact) mass is 223 g/mol. The molecule has 2 aromatic rings. The molecule has 0 amide bonds. The van der Waals surface area contributed by atoms with E-state index in [2.05, 4.69) is 15.5 Å². The van der Waals surface area contributed by atoms with Gasteiger partial charge in [0.25, 0.3) is 0 Å². The number of hydrogen-bond acceptors (Lipinski definition) is 5. The molecule has 0 aliphatic rings. The van der Waals surface area contributed by atoms with Gasteiger partial charge in [0, 0.05) is 16.5 Å². The van der Waals surface area contributed by atoms with Gasteiger partial charge in [0.05, 0.1) is 5.71 Å². The summed E-state index contributed by atoms with van der Waals surface area (Å²) >= 11 is 3.22. The number of nitrogens with zero attached hydrogens (tertiary/aromatic N) is 2. The minimum atomic E-state index is 0.820. The van der Waals surface area contributed by atoms with Crippen molar-refractivity contribution in [1.29, 1.82) is 0 Å². The molecule has 0 bridgehead atoms. The molecule has 3 nitrogen and oxygen atoms in total. The minimum Gasteiger partial charge on any atom is -0.252 e. The minimum absolute atomic E-state index is 0.820. The summed E-state index contributed by atoms with van der Waals surface area (Å²) in [5.74, 6) is 0. The van der Waals surface area contributed by atoms with E-state index in [0.29, 0.717) is 0 Å². The predicted molar refractivity (Wildman–Crippen MR) is 62.3 cm³/mol. The highest BCUT2D eigenvalue weighted by Gasteiger charge is 1.97. The van der Waals surface area contributed by atoms with Crippen molar-refractivity contribution in [3.05, 3.63) is 34.0 Å². The molecule has 2 rings (SSSR count). The molecule has 0 aromatic carbocycles. The summed E-state index contributed by atoms with van der Waals surface area (Å²) in [5, 5.41) is 9.01. The maximum Gasteiger partial charge on any atom is 0.203 e. The Labute approximate surface area is 90.1 Å². The standard InChI is InChI=1S/C9H9N3S2/c1-7(8-3-2-5-13-8)11-12-9-10-4-6-14-9/h2-6H,1H3,(H,10,12)/b11-7-. The number of hydrazone groups is 1. The fourth-order valence-corrected chi connectivity index (χ4v) is 2.10. The van der Waals surface area contributed by atoms with Crippen LogP contribution in [0.25, 0.3) is 0 Å². The Kier molecular flexibility index (Phi) is 2.90. The first-order chi connectivity index (χ1) is 6.86. The topological polar surface area (TPSA) is 37.3 Å². The summed E-state index contributed by atoms with van der Waals surface area (Å²) in [6.45, 7) is 1.98. The molecule has 0 saturated carbocycles. The van der Waals surface area contributed by atoms with Gasteiger partial charge in [0.15, 0.2) is 0 Å². The van der Waals surface area contributed by atoms with Crippen molar-refractivity contribution in [1.82, 2.24) is 4.98 Å². The molecule has 2 aromatic heterocycles. The van der Waals surface area contributed by atoms with E-state index in [4.69, 9.17) is 0 Å². The van der Waals surface area contributed by atoms with Gasteiger partial charge in [-0.2, -0.15) is 5.10 Å². The van der Waals surface area contributed by atoms with Crippen molar-refractivity contribution in [2.24, 2.45) is 5.10 Å². The number of thiazole rings is 1. The third kappa shape index (κ3) is 2.18. The molecule has 5 heteroatoms. The quantitative estimate of drug-likeness (QED) is 0.641. The lowest BCUT2D eigenvalue weighted by molar-refractivity contribution is 1.27. The summed E-state index contributed by atoms with van der Waals surface area (Å²) in [6, 6.07) is 4.06. The Hall–Kier alpha value is -1.20. The first kappa shape index (κ1) is 9.36. The number of anilines is 1. The maximum atomic E-state index is 4.23. The second-order valence-corrected chi connectivity index (χ2v) is 4.47. The molecular formula is C9H9N3S2. The van der Waals surface area contributed by atoms with Crippen LogP contribution in [0, 0.1) is 0 Å². The summed E-state index contributed by atoms with van der Waals surface area (Å²) < 4.78 is 0. The fraction of sp³-hybridized carbons (Fsp3) is 0.111. The predicted octanol–water partition coefficient (Wildman–Crippen LogP) is 3.04. The number of nitrogens with one attached hydrogen (secondary N) is 1. The van der Waals surface area contributed by atoms with Gasteiger partial charge < -0.3 is 0 Å². The highest BCUT2D eigenvalue weighted by atomic mass is 32.1. The number of hydrogen-bond donors (Lipinski definition) is 1. The first-order valence-electron chi connectivity index (χ1n) is 4.10. The van der Waals surface area contributed by atoms with Crippen molar-refractivity contribution in [2.45, 2.75) is 6.92 Å². The zero-order chi connectivity index (χ0) is 9.80. The molecule has 0 aliphatic carbocycles. The normalized spacial score (nSPS) is 11.6. The Morgan fingerprint density at radius 2 is 2.36 bits per heavy atom. The van der Waals surface area contributed by atoms with Crippen molar-refractivity contribution >= 4 is 33.5 Å². The summed E-state index contributed by atoms with van der Waals surface area (Å²) in [4.78, 5) is 5.25. The molecule has 14 heavy (non-hydrogen) atoms. The van der Waals surface area contributed by atoms with Crippen molar-refractivity contribution in [3.8, 4) is 0 Å². The first-order valence-corrected chi connectivity index (χ1v) is 5.86. The van der Waals surface area contributed by atoms with Gasteiger partial charge in [0.1, 0.15) is 0 Å². The largest absolute Gasteiger partial charge is 0.252 e. The highest BCUT2D eigenvalue weighted by molar-refractivity contribution is 7.13. The SMILES string of the molecule is C/C(=N/Nc1nccs1)c1cccs1. The maximum absolute atomic E-state index is 4.23. The summed E-state index contributed by atoms with van der Waals surface area (Å²) in [7, 11) is 0. The van der Waals surface area contributed by atoms with E-state index in [1.54, 1.807) is 17.5 Å². The zero-order valence-electron chi connectivity index (χ0n) is 7.60. The molecule has 72 valence electrons. The third-order valence-electron chi connectivity index (χ3n) is 1.63. The molecule has 2 heterocycles. The van der Waals surface area contributed by atoms with Gasteiger partial charge in [-0.15, -0.1) is 22.7 Å². The van der Waals surface area contributed by atoms with E-state index in [9.17, 15) is 0 Å². The average Bonchev–Trinajstić information content (AvgIpc) is 2.87. The van der Waals surface area contributed by atoms with Crippen LogP contribution in [0.1, 0.15) is 11.8 Å². The van der Waals surface area contributed by atoms with E-state index < -0.39 is 0 Å². The van der Waals surface area contributed by atoms with Gasteiger partial charge in [0.2, 0.25) is 5.13 Å². The van der Waals surface area contributed by atoms with E-state index in [0.717, 1.165) is 10.8 Å². The van der Waals surface area contributed by atoms with Gasteiger partial charge in [-0.3, -0.25) is 5.43 Å². The van der Waals surface area contributed by atoms with Crippen LogP contribution in [-0.2, 0) is 0 Å². The van der Waals surface area contributed by atoms with Crippen molar-refractivity contribution in [3.63, 3.8) is 0 Å². The highest BCUT2D eigenvalue weighted by Crippen LogP contribution is 2.12. The molecule has 0 spiro atoms. The summed E-state index contributed by atoms with van der Waals surface area (Å²) in [5.41, 5.74) is 3.90. The zero-order valence-corrected chi connectivity index (χ0v) is 9.23. The lowest BCUT2D eigenvalue weighted by Gasteiger charge is -1.96. The number of aromatic nitrogens is 1. The second-order valence-electron chi connectivity index (χ2n) is 2.62. The molecule has 0 saturated heterocycles. The molecule has 0 aliphatic heterocycles. The molecule has 0 fully saturated rings. The van der Waals surface area contributed by atoms with Crippen LogP contribution >= 0.6 is 22.7 Å². The van der Waals surface area contributed by atoms with Crippen LogP contribution in [-0.4, -0.2) is 10.7 Å². The van der Waals surface area contributed by atoms with Crippen molar-refractivity contribution < 1.29 is 0 Å². The fourth-order valence-electron chi connectivity index (χ4n) is 0.950. The Morgan fingerprint density at radius 3 is 3.00 bits per heavy atom. The van der Waals surface area contributed by atoms with Gasteiger partial charge >= 0.3 is 0 Å². The van der Waals surface area contributed by atoms with E-state index in [1.807, 2.05) is 29.8 Å². The van der Waals surface area contributed by atoms with E-state index >= 15 is 0 Å². The van der Waals surface area contributed by atoms with E-state index in [1.165, 1.54) is 16.2 Å². The lowest BCUT2D eigenvalue weighted by atomic mass is 10.3. The van der Waals surface area contributed by atoms with Crippen LogP contribution < -0.4 is 5.43 Å². The Bertz CT molecular complexity index is 403. The average molecular weight is 223 g/mol. The number of rotatable bonds is 3. The van der Waals surface area contributed by atoms with Crippen LogP contribution in [0.15, 0.2) is 34.2 Å². The molecule has 1 N–H and O–H groups in total. The van der Waals surface area contributed by atoms with Crippen LogP contribution in [0.4, 0.5) is 5.13 Å². The summed E-state index contributed by atoms with van der Waals surface area (Å²) in [6.07, 6.45) is 1.75. The van der Waals surface area contributed by atoms with Crippen LogP contribution in [0.5, 0.6) is 0 Å². The molecule has 0 unspecified atom stereocenters. The Morgan fingerprint density at radius 1 is 1.43 bits per heavy atom. The van der Waals surface area contributed by atoms with Crippen molar-refractivity contribution in [2.75, 3.05) is 5.43 Å². The van der Waals surface area contributed by atoms with Crippen LogP contribution in [0.3, 0.4) is 0 Å². The Balaban J connectivity index is 2.05. The smallest absolute Gasteiger partial charge is 0.203 e.